The van der Waals surface area contributed by atoms with Gasteiger partial charge in [0.2, 0.25) is 22.7 Å². The average molecular weight is 975 g/mol. The van der Waals surface area contributed by atoms with Crippen LogP contribution in [-0.2, 0) is 9.59 Å². The van der Waals surface area contributed by atoms with Crippen LogP contribution < -0.4 is 42.8 Å². The Labute approximate surface area is 390 Å². The quantitative estimate of drug-likeness (QED) is 0.108. The lowest BCUT2D eigenvalue weighted by molar-refractivity contribution is -0.129. The van der Waals surface area contributed by atoms with E-state index in [1.807, 2.05) is 0 Å². The van der Waals surface area contributed by atoms with Crippen molar-refractivity contribution in [3.8, 4) is 11.4 Å². The number of carboxylic acids is 2. The van der Waals surface area contributed by atoms with E-state index in [1.165, 1.54) is 13.8 Å². The molecule has 6 heterocycles. The summed E-state index contributed by atoms with van der Waals surface area (Å²) in [7, 11) is 0. The van der Waals surface area contributed by atoms with E-state index in [0.717, 1.165) is 57.9 Å². The Balaban J connectivity index is 0.000000181. The van der Waals surface area contributed by atoms with E-state index in [2.05, 4.69) is 20.6 Å². The van der Waals surface area contributed by atoms with E-state index in [-0.39, 0.29) is 86.7 Å². The zero-order valence-electron chi connectivity index (χ0n) is 36.7. The SMILES string of the molecule is C[C@H](N)C(=O)N[C@@H](C)C(=O)N[C@H]1[C@@H]2CN(c3nc4c(cc3F)c(=O)c(C(=O)O)cn4-c3ccc(F)cc3F)C[C@@H]21.N[C@@H]1[C@H]2CN(c3nc4c(cc3F)c(=O)c(C(=O)O)cn4-c3ccc(F)cc3F)C[C@@H]12. The topological polar surface area (TPSA) is 261 Å². The number of nitrogens with one attached hydrogen (secondary N) is 2. The van der Waals surface area contributed by atoms with Gasteiger partial charge in [0, 0.05) is 74.6 Å². The minimum absolute atomic E-state index is 0.0247. The van der Waals surface area contributed by atoms with Crippen molar-refractivity contribution in [3.05, 3.63) is 127 Å². The summed E-state index contributed by atoms with van der Waals surface area (Å²) in [4.78, 5) is 84.7. The predicted octanol–water partition coefficient (Wildman–Crippen LogP) is 2.80. The number of benzene rings is 2. The average Bonchev–Trinajstić information content (AvgIpc) is 3.88. The minimum Gasteiger partial charge on any atom is -0.477 e. The number of carbonyl (C=O) groups is 4. The van der Waals surface area contributed by atoms with Crippen molar-refractivity contribution in [1.29, 1.82) is 0 Å². The Hall–Kier alpha value is -7.86. The normalized spacial score (nSPS) is 21.6. The number of piperidine rings is 2. The van der Waals surface area contributed by atoms with Gasteiger partial charge in [-0.05, 0) is 62.1 Å². The van der Waals surface area contributed by atoms with Crippen LogP contribution in [0, 0.1) is 58.6 Å². The summed E-state index contributed by atoms with van der Waals surface area (Å²) in [5, 5.41) is 23.5. The number of aromatic nitrogens is 4. The maximum absolute atomic E-state index is 15.2. The molecule has 8 atom stereocenters. The molecule has 6 aromatic rings. The molecule has 0 unspecified atom stereocenters. The van der Waals surface area contributed by atoms with Gasteiger partial charge in [-0.3, -0.25) is 28.3 Å². The number of amides is 2. The summed E-state index contributed by atoms with van der Waals surface area (Å²) in [6.07, 6.45) is 1.78. The van der Waals surface area contributed by atoms with E-state index >= 15 is 4.39 Å². The molecule has 2 amide bonds. The lowest BCUT2D eigenvalue weighted by Gasteiger charge is -2.23. The molecular weight excluding hydrogens is 935 g/mol. The van der Waals surface area contributed by atoms with Gasteiger partial charge < -0.3 is 42.1 Å². The molecule has 2 aliphatic carbocycles. The molecule has 0 radical (unpaired) electrons. The number of aromatic carboxylic acids is 2. The Morgan fingerprint density at radius 2 is 1.06 bits per heavy atom. The van der Waals surface area contributed by atoms with Gasteiger partial charge in [-0.25, -0.2) is 45.9 Å². The fourth-order valence-electron chi connectivity index (χ4n) is 9.26. The second-order valence-electron chi connectivity index (χ2n) is 17.7. The van der Waals surface area contributed by atoms with Gasteiger partial charge in [-0.2, -0.15) is 0 Å². The molecule has 4 aromatic heterocycles. The van der Waals surface area contributed by atoms with Crippen LogP contribution in [0.1, 0.15) is 34.6 Å². The summed E-state index contributed by atoms with van der Waals surface area (Å²) in [5.41, 5.74) is 7.22. The van der Waals surface area contributed by atoms with Crippen molar-refractivity contribution < 1.29 is 55.7 Å². The largest absolute Gasteiger partial charge is 0.477 e. The standard InChI is InChI=1S/C26H25F3N6O5.C20H15F3N4O3/c1-10(30)24(37)31-11(2)25(38)32-20-14-7-34(8-15(14)20)23-18(29)6-13-21(36)16(26(39)40)9-35(22(13)33-23)19-4-3-12(27)5-17(19)28;21-8-1-2-15(13(22)3-8)27-7-12(20(29)30)17(28)9-4-14(23)19(25-18(9)27)26-5-10-11(6-26)16(10)24/h3-6,9-11,14-15,20H,7-8,30H2,1-2H3,(H,31,37)(H,32,38)(H,39,40);1-4,7,10-11,16H,5-6,24H2,(H,29,30)/t10-,11-,14-,15+,20+;10-,11+,16+/m0./s1. The van der Waals surface area contributed by atoms with Crippen molar-refractivity contribution >= 4 is 57.5 Å². The van der Waals surface area contributed by atoms with Crippen LogP contribution in [0.2, 0.25) is 0 Å². The molecule has 2 saturated carbocycles. The summed E-state index contributed by atoms with van der Waals surface area (Å²) >= 11 is 0. The van der Waals surface area contributed by atoms with E-state index in [1.54, 1.807) is 9.80 Å². The fourth-order valence-corrected chi connectivity index (χ4v) is 9.26. The molecule has 2 aliphatic heterocycles. The van der Waals surface area contributed by atoms with Crippen LogP contribution in [0.3, 0.4) is 0 Å². The molecule has 4 aliphatic rings. The second kappa shape index (κ2) is 17.6. The molecular formula is C46H40F6N10O8. The zero-order chi connectivity index (χ0) is 50.4. The van der Waals surface area contributed by atoms with Crippen molar-refractivity contribution in [2.45, 2.75) is 38.0 Å². The van der Waals surface area contributed by atoms with Gasteiger partial charge in [0.05, 0.1) is 28.2 Å². The number of fused-ring (bicyclic) bond motifs is 4. The molecule has 2 aromatic carbocycles. The van der Waals surface area contributed by atoms with Crippen LogP contribution in [0.25, 0.3) is 33.4 Å². The summed E-state index contributed by atoms with van der Waals surface area (Å²) in [6, 6.07) is 5.41. The number of rotatable bonds is 10. The van der Waals surface area contributed by atoms with Crippen molar-refractivity contribution in [1.82, 2.24) is 29.7 Å². The minimum atomic E-state index is -1.60. The Kier molecular flexibility index (Phi) is 11.9. The highest BCUT2D eigenvalue weighted by Gasteiger charge is 2.57. The predicted molar refractivity (Wildman–Crippen MR) is 238 cm³/mol. The number of carboxylic acid groups (broad SMARTS) is 2. The van der Waals surface area contributed by atoms with Gasteiger partial charge in [-0.1, -0.05) is 0 Å². The first-order valence-corrected chi connectivity index (χ1v) is 21.6. The molecule has 0 spiro atoms. The number of nitrogens with two attached hydrogens (primary N) is 2. The van der Waals surface area contributed by atoms with Crippen LogP contribution in [0.5, 0.6) is 0 Å². The second-order valence-corrected chi connectivity index (χ2v) is 17.7. The third-order valence-corrected chi connectivity index (χ3v) is 13.2. The van der Waals surface area contributed by atoms with E-state index in [0.29, 0.717) is 38.3 Å². The monoisotopic (exact) mass is 974 g/mol. The number of pyridine rings is 4. The third kappa shape index (κ3) is 8.41. The van der Waals surface area contributed by atoms with Crippen molar-refractivity contribution in [3.63, 3.8) is 0 Å². The Morgan fingerprint density at radius 1 is 0.643 bits per heavy atom. The molecule has 0 bridgehead atoms. The number of halogens is 6. The number of nitrogens with zero attached hydrogens (tertiary/aromatic N) is 6. The molecule has 2 saturated heterocycles. The van der Waals surface area contributed by atoms with E-state index in [9.17, 15) is 60.9 Å². The van der Waals surface area contributed by atoms with E-state index in [4.69, 9.17) is 11.5 Å². The van der Waals surface area contributed by atoms with Gasteiger partial charge in [0.15, 0.2) is 34.6 Å². The van der Waals surface area contributed by atoms with Crippen LogP contribution in [0.15, 0.2) is 70.5 Å². The number of hydrogen-bond acceptors (Lipinski definition) is 12. The van der Waals surface area contributed by atoms with Gasteiger partial charge in [0.25, 0.3) is 0 Å². The van der Waals surface area contributed by atoms with Gasteiger partial charge in [-0.15, -0.1) is 0 Å². The summed E-state index contributed by atoms with van der Waals surface area (Å²) in [5.74, 6) is -9.13. The number of carbonyl (C=O) groups excluding carboxylic acids is 2. The summed E-state index contributed by atoms with van der Waals surface area (Å²) in [6.45, 7) is 4.67. The maximum Gasteiger partial charge on any atom is 0.341 e. The Bertz CT molecular complexity index is 3330. The number of hydrogen-bond donors (Lipinski definition) is 6. The summed E-state index contributed by atoms with van der Waals surface area (Å²) < 4.78 is 88.2. The van der Waals surface area contributed by atoms with Gasteiger partial charge in [0.1, 0.15) is 40.4 Å². The van der Waals surface area contributed by atoms with E-state index < -0.39 is 86.8 Å². The highest BCUT2D eigenvalue weighted by Crippen LogP contribution is 2.47. The highest BCUT2D eigenvalue weighted by molar-refractivity contribution is 5.94. The first kappa shape index (κ1) is 47.2. The fraction of sp³-hybridized carbons (Fsp3) is 0.304. The van der Waals surface area contributed by atoms with Crippen LogP contribution in [0.4, 0.5) is 38.0 Å². The van der Waals surface area contributed by atoms with Crippen LogP contribution >= 0.6 is 0 Å². The zero-order valence-corrected chi connectivity index (χ0v) is 36.7. The Morgan fingerprint density at radius 3 is 1.44 bits per heavy atom. The molecule has 24 heteroatoms. The first-order valence-electron chi connectivity index (χ1n) is 21.6. The molecule has 8 N–H and O–H groups in total. The van der Waals surface area contributed by atoms with Crippen molar-refractivity contribution in [2.75, 3.05) is 36.0 Å². The molecule has 18 nitrogen and oxygen atoms in total. The molecule has 4 fully saturated rings. The van der Waals surface area contributed by atoms with Gasteiger partial charge >= 0.3 is 11.9 Å². The molecule has 70 heavy (non-hydrogen) atoms. The highest BCUT2D eigenvalue weighted by atomic mass is 19.2. The maximum atomic E-state index is 15.2. The van der Waals surface area contributed by atoms with Crippen LogP contribution in [-0.4, -0.2) is 103 Å². The number of anilines is 2. The third-order valence-electron chi connectivity index (χ3n) is 13.2. The van der Waals surface area contributed by atoms with Crippen molar-refractivity contribution in [2.24, 2.45) is 35.1 Å². The molecule has 10 rings (SSSR count). The molecule has 364 valence electrons. The lowest BCUT2D eigenvalue weighted by Crippen LogP contribution is -2.50. The lowest BCUT2D eigenvalue weighted by atomic mass is 10.1. The smallest absolute Gasteiger partial charge is 0.341 e. The first-order chi connectivity index (χ1) is 33.1.